The molecular formula is C59H98O5. The number of hydrogen-bond acceptors (Lipinski definition) is 5. The maximum Gasteiger partial charge on any atom is 0.306 e. The van der Waals surface area contributed by atoms with Gasteiger partial charge in [-0.05, 0) is 109 Å². The zero-order chi connectivity index (χ0) is 46.3. The predicted octanol–water partition coefficient (Wildman–Crippen LogP) is 18.0. The van der Waals surface area contributed by atoms with Crippen LogP contribution in [0.1, 0.15) is 226 Å². The summed E-state index contributed by atoms with van der Waals surface area (Å²) in [4.78, 5) is 25.3. The van der Waals surface area contributed by atoms with E-state index in [1.54, 1.807) is 0 Å². The second-order valence-electron chi connectivity index (χ2n) is 17.0. The van der Waals surface area contributed by atoms with Crippen LogP contribution in [0.5, 0.6) is 0 Å². The summed E-state index contributed by atoms with van der Waals surface area (Å²) < 4.78 is 17.3. The summed E-state index contributed by atoms with van der Waals surface area (Å²) in [5.74, 6) is -0.544. The lowest BCUT2D eigenvalue weighted by Crippen LogP contribution is -2.30. The van der Waals surface area contributed by atoms with Gasteiger partial charge in [0.1, 0.15) is 6.61 Å². The third-order valence-corrected chi connectivity index (χ3v) is 10.8. The Morgan fingerprint density at radius 3 is 1.20 bits per heavy atom. The van der Waals surface area contributed by atoms with Gasteiger partial charge in [-0.15, -0.1) is 0 Å². The molecule has 0 amide bonds. The smallest absolute Gasteiger partial charge is 0.306 e. The fraction of sp³-hybridized carbons (Fsp3) is 0.661. The van der Waals surface area contributed by atoms with Gasteiger partial charge in [-0.1, -0.05) is 214 Å². The van der Waals surface area contributed by atoms with Crippen LogP contribution in [0.3, 0.4) is 0 Å². The van der Waals surface area contributed by atoms with Crippen molar-refractivity contribution in [2.24, 2.45) is 0 Å². The molecule has 0 aliphatic carbocycles. The first kappa shape index (κ1) is 60.6. The Morgan fingerprint density at radius 2 is 0.734 bits per heavy atom. The molecular weight excluding hydrogens is 789 g/mol. The molecule has 0 N–H and O–H groups in total. The van der Waals surface area contributed by atoms with Crippen molar-refractivity contribution >= 4 is 11.9 Å². The van der Waals surface area contributed by atoms with Crippen LogP contribution in [0.4, 0.5) is 0 Å². The highest BCUT2D eigenvalue weighted by molar-refractivity contribution is 5.70. The fourth-order valence-electron chi connectivity index (χ4n) is 6.92. The van der Waals surface area contributed by atoms with Crippen LogP contribution in [-0.4, -0.2) is 37.9 Å². The van der Waals surface area contributed by atoms with E-state index in [0.717, 1.165) is 83.5 Å². The average molecular weight is 887 g/mol. The first-order valence-electron chi connectivity index (χ1n) is 26.4. The number of rotatable bonds is 47. The van der Waals surface area contributed by atoms with Gasteiger partial charge in [-0.2, -0.15) is 0 Å². The summed E-state index contributed by atoms with van der Waals surface area (Å²) in [6, 6.07) is 0. The minimum atomic E-state index is -0.598. The van der Waals surface area contributed by atoms with E-state index in [0.29, 0.717) is 19.4 Å². The standard InChI is InChI=1S/C59H98O5/c1-4-7-10-13-16-19-22-25-27-28-29-30-31-33-36-39-42-45-48-51-54-62-55-57(64-59(61)53-50-47-44-41-38-34-24-21-18-15-12-9-6-3)56-63-58(60)52-49-46-43-40-37-35-32-26-23-20-17-14-11-8-5-2/h8-9,11-12,17-18,20-21,25-27,32,34,37-38,40,44,47,57H,4-7,10,13-16,19,22-24,28-31,33,35-36,39,41-43,45-46,48-56H2,1-3H3/b11-8-,12-9-,20-17-,21-18-,27-25-,32-26-,38-34-,40-37-,47-44-. The predicted molar refractivity (Wildman–Crippen MR) is 279 cm³/mol. The Balaban J connectivity index is 4.37. The van der Waals surface area contributed by atoms with Crippen LogP contribution in [0.15, 0.2) is 109 Å². The highest BCUT2D eigenvalue weighted by Gasteiger charge is 2.17. The van der Waals surface area contributed by atoms with Gasteiger partial charge in [0.25, 0.3) is 0 Å². The highest BCUT2D eigenvalue weighted by atomic mass is 16.6. The second kappa shape index (κ2) is 53.9. The summed E-state index contributed by atoms with van der Waals surface area (Å²) in [7, 11) is 0. The van der Waals surface area contributed by atoms with Crippen molar-refractivity contribution in [2.45, 2.75) is 232 Å². The van der Waals surface area contributed by atoms with E-state index in [9.17, 15) is 9.59 Å². The van der Waals surface area contributed by atoms with Crippen molar-refractivity contribution in [3.63, 3.8) is 0 Å². The first-order chi connectivity index (χ1) is 31.6. The molecule has 0 aliphatic heterocycles. The van der Waals surface area contributed by atoms with E-state index in [1.165, 1.54) is 103 Å². The van der Waals surface area contributed by atoms with Gasteiger partial charge in [0.15, 0.2) is 6.10 Å². The van der Waals surface area contributed by atoms with Crippen molar-refractivity contribution in [1.29, 1.82) is 0 Å². The fourth-order valence-corrected chi connectivity index (χ4v) is 6.92. The second-order valence-corrected chi connectivity index (χ2v) is 17.0. The minimum Gasteiger partial charge on any atom is -0.462 e. The zero-order valence-electron chi connectivity index (χ0n) is 41.8. The lowest BCUT2D eigenvalue weighted by Gasteiger charge is -2.18. The maximum atomic E-state index is 12.8. The van der Waals surface area contributed by atoms with Crippen molar-refractivity contribution in [1.82, 2.24) is 0 Å². The topological polar surface area (TPSA) is 61.8 Å². The van der Waals surface area contributed by atoms with E-state index in [-0.39, 0.29) is 31.6 Å². The van der Waals surface area contributed by atoms with Gasteiger partial charge in [-0.25, -0.2) is 0 Å². The van der Waals surface area contributed by atoms with E-state index < -0.39 is 6.10 Å². The molecule has 0 saturated carbocycles. The quantitative estimate of drug-likeness (QED) is 0.0346. The molecule has 0 bridgehead atoms. The summed E-state index contributed by atoms with van der Waals surface area (Å²) >= 11 is 0. The maximum absolute atomic E-state index is 12.8. The number of ether oxygens (including phenoxy) is 3. The molecule has 0 saturated heterocycles. The Morgan fingerprint density at radius 1 is 0.359 bits per heavy atom. The van der Waals surface area contributed by atoms with Gasteiger partial charge in [-0.3, -0.25) is 9.59 Å². The van der Waals surface area contributed by atoms with Crippen molar-refractivity contribution in [2.75, 3.05) is 19.8 Å². The van der Waals surface area contributed by atoms with Crippen LogP contribution in [0.2, 0.25) is 0 Å². The van der Waals surface area contributed by atoms with E-state index in [4.69, 9.17) is 14.2 Å². The molecule has 364 valence electrons. The van der Waals surface area contributed by atoms with Crippen LogP contribution in [0.25, 0.3) is 0 Å². The van der Waals surface area contributed by atoms with Gasteiger partial charge in [0.05, 0.1) is 6.61 Å². The van der Waals surface area contributed by atoms with Gasteiger partial charge in [0.2, 0.25) is 0 Å². The number of carbonyl (C=O) groups is 2. The van der Waals surface area contributed by atoms with Gasteiger partial charge >= 0.3 is 11.9 Å². The van der Waals surface area contributed by atoms with Crippen LogP contribution >= 0.6 is 0 Å². The minimum absolute atomic E-state index is 0.0291. The summed E-state index contributed by atoms with van der Waals surface area (Å²) in [5, 5.41) is 0. The molecule has 0 spiro atoms. The zero-order valence-corrected chi connectivity index (χ0v) is 41.8. The molecule has 0 fully saturated rings. The number of carbonyl (C=O) groups excluding carboxylic acids is 2. The molecule has 64 heavy (non-hydrogen) atoms. The molecule has 0 radical (unpaired) electrons. The molecule has 0 aromatic carbocycles. The monoisotopic (exact) mass is 887 g/mol. The summed E-state index contributed by atoms with van der Waals surface area (Å²) in [5.41, 5.74) is 0. The first-order valence-corrected chi connectivity index (χ1v) is 26.4. The molecule has 0 heterocycles. The number of allylic oxidation sites excluding steroid dienone is 18. The Hall–Kier alpha value is -3.44. The molecule has 1 atom stereocenters. The highest BCUT2D eigenvalue weighted by Crippen LogP contribution is 2.13. The largest absolute Gasteiger partial charge is 0.462 e. The van der Waals surface area contributed by atoms with Gasteiger partial charge < -0.3 is 14.2 Å². The van der Waals surface area contributed by atoms with E-state index >= 15 is 0 Å². The molecule has 1 unspecified atom stereocenters. The Labute approximate surface area is 395 Å². The summed E-state index contributed by atoms with van der Waals surface area (Å²) in [6.07, 6.45) is 74.1. The van der Waals surface area contributed by atoms with Crippen LogP contribution < -0.4 is 0 Å². The summed E-state index contributed by atoms with van der Waals surface area (Å²) in [6.45, 7) is 7.46. The molecule has 5 nitrogen and oxygen atoms in total. The molecule has 0 aromatic heterocycles. The lowest BCUT2D eigenvalue weighted by molar-refractivity contribution is -0.162. The third kappa shape index (κ3) is 51.2. The average Bonchev–Trinajstić information content (AvgIpc) is 3.30. The molecule has 0 aromatic rings. The lowest BCUT2D eigenvalue weighted by atomic mass is 10.1. The SMILES string of the molecule is CC/C=C\C/C=C\C/C=C\C/C=C\CCCCC(=O)OCC(COCCCCCCCCCCCC/C=C\CCCCCCCC)OC(=O)CC/C=C\C/C=C\C/C=C\C/C=C\CC. The van der Waals surface area contributed by atoms with Crippen LogP contribution in [0, 0.1) is 0 Å². The van der Waals surface area contributed by atoms with Crippen molar-refractivity contribution in [3.8, 4) is 0 Å². The van der Waals surface area contributed by atoms with Crippen molar-refractivity contribution in [3.05, 3.63) is 109 Å². The number of esters is 2. The Bertz CT molecular complexity index is 1280. The van der Waals surface area contributed by atoms with E-state index in [2.05, 4.69) is 124 Å². The number of unbranched alkanes of at least 4 members (excludes halogenated alkanes) is 18. The molecule has 0 rings (SSSR count). The van der Waals surface area contributed by atoms with Gasteiger partial charge in [0, 0.05) is 19.4 Å². The van der Waals surface area contributed by atoms with E-state index in [1.807, 2.05) is 6.08 Å². The molecule has 5 heteroatoms. The Kier molecular flexibility index (Phi) is 51.0. The normalized spacial score (nSPS) is 13.1. The van der Waals surface area contributed by atoms with Crippen molar-refractivity contribution < 1.29 is 23.8 Å². The molecule has 0 aliphatic rings. The third-order valence-electron chi connectivity index (χ3n) is 10.8. The number of hydrogen-bond donors (Lipinski definition) is 0. The van der Waals surface area contributed by atoms with Crippen LogP contribution in [-0.2, 0) is 23.8 Å².